The third-order valence-electron chi connectivity index (χ3n) is 1.66. The number of nitrogens with zero attached hydrogens (tertiary/aromatic N) is 1. The molecular formula is C11H10ClNO2. The van der Waals surface area contributed by atoms with Gasteiger partial charge in [-0.05, 0) is 17.2 Å². The maximum atomic E-state index is 10.8. The molecule has 3 nitrogen and oxygen atoms in total. The molecule has 15 heavy (non-hydrogen) atoms. The van der Waals surface area contributed by atoms with Crippen molar-refractivity contribution in [1.82, 2.24) is 5.06 Å². The second kappa shape index (κ2) is 6.07. The highest BCUT2D eigenvalue weighted by Crippen LogP contribution is 2.04. The average molecular weight is 224 g/mol. The van der Waals surface area contributed by atoms with Gasteiger partial charge in [0.15, 0.2) is 0 Å². The number of halogens is 1. The molecule has 0 atom stereocenters. The minimum absolute atomic E-state index is 0.0369. The maximum absolute atomic E-state index is 10.8. The van der Waals surface area contributed by atoms with Crippen LogP contribution in [-0.2, 0) is 11.4 Å². The highest BCUT2D eigenvalue weighted by atomic mass is 35.5. The molecule has 0 saturated carbocycles. The van der Waals surface area contributed by atoms with Crippen LogP contribution in [-0.4, -0.2) is 17.0 Å². The fourth-order valence-electron chi connectivity index (χ4n) is 0.968. The Labute approximate surface area is 93.5 Å². The van der Waals surface area contributed by atoms with Gasteiger partial charge in [-0.15, -0.1) is 6.42 Å². The highest BCUT2D eigenvalue weighted by Gasteiger charge is 2.09. The molecule has 0 aromatic heterocycles. The van der Waals surface area contributed by atoms with Crippen LogP contribution in [0, 0.1) is 12.3 Å². The molecule has 0 unspecified atom stereocenters. The number of hydrogen-bond acceptors (Lipinski definition) is 2. The van der Waals surface area contributed by atoms with E-state index in [9.17, 15) is 4.79 Å². The second-order valence-electron chi connectivity index (χ2n) is 2.75. The fraction of sp³-hybridized carbons (Fsp3) is 0.182. The number of rotatable bonds is 4. The van der Waals surface area contributed by atoms with Crippen LogP contribution in [0.25, 0.3) is 0 Å². The molecular weight excluding hydrogens is 214 g/mol. The summed E-state index contributed by atoms with van der Waals surface area (Å²) in [5.41, 5.74) is 0.942. The summed E-state index contributed by atoms with van der Waals surface area (Å²) in [6.07, 6.45) is 5.05. The van der Waals surface area contributed by atoms with Gasteiger partial charge in [-0.2, -0.15) is 5.06 Å². The van der Waals surface area contributed by atoms with E-state index in [-0.39, 0.29) is 13.2 Å². The van der Waals surface area contributed by atoms with E-state index in [2.05, 4.69) is 5.92 Å². The standard InChI is InChI=1S/C11H10ClNO2/c1-2-8-13(11(12)14)15-9-10-6-4-3-5-7-10/h1,3-7H,8-9H2. The number of terminal acetylenes is 1. The fourth-order valence-corrected chi connectivity index (χ4v) is 1.08. The lowest BCUT2D eigenvalue weighted by molar-refractivity contribution is -0.112. The van der Waals surface area contributed by atoms with E-state index in [1.54, 1.807) is 0 Å². The van der Waals surface area contributed by atoms with E-state index in [1.165, 1.54) is 0 Å². The number of carbonyl (C=O) groups is 1. The van der Waals surface area contributed by atoms with Crippen molar-refractivity contribution in [1.29, 1.82) is 0 Å². The third kappa shape index (κ3) is 4.03. The minimum Gasteiger partial charge on any atom is -0.264 e. The summed E-state index contributed by atoms with van der Waals surface area (Å²) >= 11 is 5.26. The predicted molar refractivity (Wildman–Crippen MR) is 58.0 cm³/mol. The van der Waals surface area contributed by atoms with Crippen LogP contribution in [0.4, 0.5) is 4.79 Å². The molecule has 0 radical (unpaired) electrons. The number of hydroxylamine groups is 2. The normalized spacial score (nSPS) is 9.33. The Morgan fingerprint density at radius 1 is 1.47 bits per heavy atom. The van der Waals surface area contributed by atoms with E-state index < -0.39 is 5.37 Å². The van der Waals surface area contributed by atoms with Crippen molar-refractivity contribution in [3.63, 3.8) is 0 Å². The zero-order valence-electron chi connectivity index (χ0n) is 8.02. The predicted octanol–water partition coefficient (Wildman–Crippen LogP) is 2.41. The Kier molecular flexibility index (Phi) is 4.69. The molecule has 0 aliphatic heterocycles. The Hall–Kier alpha value is -1.50. The van der Waals surface area contributed by atoms with Crippen LogP contribution in [0.3, 0.4) is 0 Å². The van der Waals surface area contributed by atoms with Crippen LogP contribution in [0.1, 0.15) is 5.56 Å². The number of amides is 1. The molecule has 0 bridgehead atoms. The molecule has 0 saturated heterocycles. The van der Waals surface area contributed by atoms with Crippen LogP contribution >= 0.6 is 11.6 Å². The first-order valence-corrected chi connectivity index (χ1v) is 4.69. The molecule has 0 fully saturated rings. The molecule has 0 N–H and O–H groups in total. The van der Waals surface area contributed by atoms with Gasteiger partial charge in [0.1, 0.15) is 13.2 Å². The Morgan fingerprint density at radius 2 is 2.13 bits per heavy atom. The van der Waals surface area contributed by atoms with Crippen molar-refractivity contribution in [2.24, 2.45) is 0 Å². The van der Waals surface area contributed by atoms with Crippen LogP contribution in [0.2, 0.25) is 0 Å². The maximum Gasteiger partial charge on any atom is 0.341 e. The van der Waals surface area contributed by atoms with Gasteiger partial charge < -0.3 is 0 Å². The van der Waals surface area contributed by atoms with Crippen molar-refractivity contribution in [2.75, 3.05) is 6.54 Å². The summed E-state index contributed by atoms with van der Waals surface area (Å²) in [5.74, 6) is 2.28. The van der Waals surface area contributed by atoms with E-state index in [0.29, 0.717) is 0 Å². The van der Waals surface area contributed by atoms with Crippen LogP contribution in [0.5, 0.6) is 0 Å². The summed E-state index contributed by atoms with van der Waals surface area (Å²) in [6, 6.07) is 9.42. The lowest BCUT2D eigenvalue weighted by Gasteiger charge is -2.15. The van der Waals surface area contributed by atoms with Crippen molar-refractivity contribution in [3.05, 3.63) is 35.9 Å². The number of carbonyl (C=O) groups excluding carboxylic acids is 1. The van der Waals surface area contributed by atoms with Gasteiger partial charge in [0.05, 0.1) is 0 Å². The SMILES string of the molecule is C#CCN(OCc1ccccc1)C(=O)Cl. The molecule has 1 amide bonds. The summed E-state index contributed by atoms with van der Waals surface area (Å²) in [4.78, 5) is 16.0. The van der Waals surface area contributed by atoms with E-state index in [0.717, 1.165) is 10.6 Å². The molecule has 4 heteroatoms. The van der Waals surface area contributed by atoms with Crippen LogP contribution in [0.15, 0.2) is 30.3 Å². The average Bonchev–Trinajstić information content (AvgIpc) is 2.25. The van der Waals surface area contributed by atoms with E-state index in [1.807, 2.05) is 30.3 Å². The van der Waals surface area contributed by atoms with Crippen molar-refractivity contribution >= 4 is 17.0 Å². The lowest BCUT2D eigenvalue weighted by atomic mass is 10.2. The summed E-state index contributed by atoms with van der Waals surface area (Å²) < 4.78 is 0. The number of hydrogen-bond donors (Lipinski definition) is 0. The van der Waals surface area contributed by atoms with Gasteiger partial charge in [0, 0.05) is 0 Å². The summed E-state index contributed by atoms with van der Waals surface area (Å²) in [7, 11) is 0. The number of benzene rings is 1. The highest BCUT2D eigenvalue weighted by molar-refractivity contribution is 6.62. The molecule has 0 aliphatic rings. The van der Waals surface area contributed by atoms with Gasteiger partial charge >= 0.3 is 5.37 Å². The van der Waals surface area contributed by atoms with Gasteiger partial charge in [0.2, 0.25) is 0 Å². The van der Waals surface area contributed by atoms with Crippen molar-refractivity contribution in [2.45, 2.75) is 6.61 Å². The molecule has 1 aromatic carbocycles. The molecule has 1 aromatic rings. The van der Waals surface area contributed by atoms with E-state index >= 15 is 0 Å². The van der Waals surface area contributed by atoms with Crippen molar-refractivity contribution < 1.29 is 9.63 Å². The van der Waals surface area contributed by atoms with Gasteiger partial charge in [-0.1, -0.05) is 36.3 Å². The Morgan fingerprint density at radius 3 is 2.67 bits per heavy atom. The first-order valence-electron chi connectivity index (χ1n) is 4.31. The van der Waals surface area contributed by atoms with Gasteiger partial charge in [0.25, 0.3) is 0 Å². The molecule has 1 rings (SSSR count). The molecule has 0 heterocycles. The quantitative estimate of drug-likeness (QED) is 0.340. The summed E-state index contributed by atoms with van der Waals surface area (Å²) in [5, 5.41) is 0.220. The van der Waals surface area contributed by atoms with E-state index in [4.69, 9.17) is 22.9 Å². The smallest absolute Gasteiger partial charge is 0.264 e. The summed E-state index contributed by atoms with van der Waals surface area (Å²) in [6.45, 7) is 0.302. The zero-order chi connectivity index (χ0) is 11.1. The van der Waals surface area contributed by atoms with Crippen molar-refractivity contribution in [3.8, 4) is 12.3 Å². The third-order valence-corrected chi connectivity index (χ3v) is 1.85. The van der Waals surface area contributed by atoms with Crippen LogP contribution < -0.4 is 0 Å². The second-order valence-corrected chi connectivity index (χ2v) is 3.08. The monoisotopic (exact) mass is 223 g/mol. The Bertz CT molecular complexity index is 359. The molecule has 0 aliphatic carbocycles. The topological polar surface area (TPSA) is 29.5 Å². The molecule has 0 spiro atoms. The molecule has 78 valence electrons. The first-order chi connectivity index (χ1) is 7.24. The Balaban J connectivity index is 2.48. The minimum atomic E-state index is -0.719. The largest absolute Gasteiger partial charge is 0.341 e. The first kappa shape index (κ1) is 11.6. The van der Waals surface area contributed by atoms with Gasteiger partial charge in [-0.3, -0.25) is 9.63 Å². The lowest BCUT2D eigenvalue weighted by Crippen LogP contribution is -2.26. The van der Waals surface area contributed by atoms with Gasteiger partial charge in [-0.25, -0.2) is 0 Å². The zero-order valence-corrected chi connectivity index (χ0v) is 8.78.